The van der Waals surface area contributed by atoms with Gasteiger partial charge in [-0.25, -0.2) is 0 Å². The molecule has 1 aliphatic rings. The second-order valence-electron chi connectivity index (χ2n) is 7.54. The average molecular weight is 394 g/mol. The van der Waals surface area contributed by atoms with Crippen molar-refractivity contribution < 1.29 is 9.59 Å². The van der Waals surface area contributed by atoms with Crippen LogP contribution in [-0.2, 0) is 22.4 Å². The molecule has 1 aliphatic heterocycles. The molecule has 3 rings (SSSR count). The van der Waals surface area contributed by atoms with Crippen LogP contribution in [-0.4, -0.2) is 31.4 Å². The summed E-state index contributed by atoms with van der Waals surface area (Å²) in [4.78, 5) is 26.7. The number of hydrogen-bond donors (Lipinski definition) is 2. The van der Waals surface area contributed by atoms with Crippen LogP contribution in [0.3, 0.4) is 0 Å². The SMILES string of the molecule is CCc1ccccc1NC(=O)C(=O)NCCc1ccc(N2CCCCCC2)cc1. The van der Waals surface area contributed by atoms with E-state index in [-0.39, 0.29) is 0 Å². The van der Waals surface area contributed by atoms with Gasteiger partial charge in [-0.15, -0.1) is 0 Å². The number of carbonyl (C=O) groups is 2. The van der Waals surface area contributed by atoms with E-state index in [1.807, 2.05) is 31.2 Å². The minimum atomic E-state index is -0.623. The maximum absolute atomic E-state index is 12.1. The molecule has 0 saturated carbocycles. The van der Waals surface area contributed by atoms with Crippen molar-refractivity contribution in [2.24, 2.45) is 0 Å². The van der Waals surface area contributed by atoms with Crippen LogP contribution < -0.4 is 15.5 Å². The fourth-order valence-corrected chi connectivity index (χ4v) is 3.73. The molecule has 1 saturated heterocycles. The molecular weight excluding hydrogens is 362 g/mol. The maximum Gasteiger partial charge on any atom is 0.313 e. The minimum Gasteiger partial charge on any atom is -0.372 e. The zero-order chi connectivity index (χ0) is 20.5. The van der Waals surface area contributed by atoms with Crippen LogP contribution in [0.15, 0.2) is 48.5 Å². The van der Waals surface area contributed by atoms with Crippen molar-refractivity contribution in [3.63, 3.8) is 0 Å². The number of amides is 2. The molecule has 0 aliphatic carbocycles. The fraction of sp³-hybridized carbons (Fsp3) is 0.417. The molecule has 5 heteroatoms. The van der Waals surface area contributed by atoms with E-state index in [4.69, 9.17) is 0 Å². The summed E-state index contributed by atoms with van der Waals surface area (Å²) >= 11 is 0. The molecule has 1 heterocycles. The van der Waals surface area contributed by atoms with Gasteiger partial charge >= 0.3 is 11.8 Å². The zero-order valence-corrected chi connectivity index (χ0v) is 17.2. The third-order valence-electron chi connectivity index (χ3n) is 5.46. The number of hydrogen-bond acceptors (Lipinski definition) is 3. The molecular formula is C24H31N3O2. The summed E-state index contributed by atoms with van der Waals surface area (Å²) in [5, 5.41) is 5.42. The standard InChI is InChI=1S/C24H31N3O2/c1-2-20-9-5-6-10-22(20)26-24(29)23(28)25-16-15-19-11-13-21(14-12-19)27-17-7-3-4-8-18-27/h5-6,9-14H,2-4,7-8,15-18H2,1H3,(H,25,28)(H,26,29). The maximum atomic E-state index is 12.1. The van der Waals surface area contributed by atoms with Crippen molar-refractivity contribution in [2.75, 3.05) is 29.9 Å². The zero-order valence-electron chi connectivity index (χ0n) is 17.2. The Bertz CT molecular complexity index is 809. The third-order valence-corrected chi connectivity index (χ3v) is 5.46. The van der Waals surface area contributed by atoms with Gasteiger partial charge in [0.05, 0.1) is 0 Å². The molecule has 154 valence electrons. The van der Waals surface area contributed by atoms with Gasteiger partial charge in [-0.1, -0.05) is 50.1 Å². The predicted octanol–water partition coefficient (Wildman–Crippen LogP) is 3.93. The Labute approximate surface area is 173 Å². The highest BCUT2D eigenvalue weighted by Gasteiger charge is 2.14. The fourth-order valence-electron chi connectivity index (χ4n) is 3.73. The molecule has 0 unspecified atom stereocenters. The van der Waals surface area contributed by atoms with Crippen LogP contribution in [0.25, 0.3) is 0 Å². The first-order valence-corrected chi connectivity index (χ1v) is 10.7. The number of carbonyl (C=O) groups excluding carboxylic acids is 2. The molecule has 29 heavy (non-hydrogen) atoms. The van der Waals surface area contributed by atoms with Crippen molar-refractivity contribution in [3.05, 3.63) is 59.7 Å². The Morgan fingerprint density at radius 3 is 2.28 bits per heavy atom. The topological polar surface area (TPSA) is 61.4 Å². The van der Waals surface area contributed by atoms with Crippen LogP contribution in [0.2, 0.25) is 0 Å². The number of para-hydroxylation sites is 1. The van der Waals surface area contributed by atoms with E-state index in [1.165, 1.54) is 31.4 Å². The van der Waals surface area contributed by atoms with Crippen LogP contribution in [0.5, 0.6) is 0 Å². The van der Waals surface area contributed by atoms with Crippen LogP contribution in [0, 0.1) is 0 Å². The molecule has 0 aromatic heterocycles. The number of aryl methyl sites for hydroxylation is 1. The lowest BCUT2D eigenvalue weighted by atomic mass is 10.1. The largest absolute Gasteiger partial charge is 0.372 e. The molecule has 5 nitrogen and oxygen atoms in total. The van der Waals surface area contributed by atoms with E-state index in [9.17, 15) is 9.59 Å². The first-order valence-electron chi connectivity index (χ1n) is 10.7. The highest BCUT2D eigenvalue weighted by atomic mass is 16.2. The first-order chi connectivity index (χ1) is 14.2. The first kappa shape index (κ1) is 20.9. The van der Waals surface area contributed by atoms with Gasteiger partial charge in [0.15, 0.2) is 0 Å². The van der Waals surface area contributed by atoms with Crippen LogP contribution >= 0.6 is 0 Å². The summed E-state index contributed by atoms with van der Waals surface area (Å²) < 4.78 is 0. The smallest absolute Gasteiger partial charge is 0.313 e. The number of nitrogens with zero attached hydrogens (tertiary/aromatic N) is 1. The number of benzene rings is 2. The number of anilines is 2. The van der Waals surface area contributed by atoms with Gasteiger partial charge in [0.2, 0.25) is 0 Å². The number of rotatable bonds is 6. The molecule has 2 N–H and O–H groups in total. The van der Waals surface area contributed by atoms with Gasteiger partial charge in [-0.3, -0.25) is 9.59 Å². The van der Waals surface area contributed by atoms with Crippen molar-refractivity contribution in [2.45, 2.75) is 45.4 Å². The molecule has 2 amide bonds. The molecule has 1 fully saturated rings. The molecule has 0 atom stereocenters. The van der Waals surface area contributed by atoms with Gasteiger partial charge in [0.25, 0.3) is 0 Å². The quantitative estimate of drug-likeness (QED) is 0.731. The van der Waals surface area contributed by atoms with E-state index in [0.717, 1.165) is 30.6 Å². The van der Waals surface area contributed by atoms with Gasteiger partial charge in [-0.2, -0.15) is 0 Å². The number of nitrogens with one attached hydrogen (secondary N) is 2. The summed E-state index contributed by atoms with van der Waals surface area (Å²) in [6, 6.07) is 16.1. The second kappa shape index (κ2) is 10.6. The normalized spacial score (nSPS) is 14.2. The van der Waals surface area contributed by atoms with Crippen molar-refractivity contribution in [1.82, 2.24) is 5.32 Å². The summed E-state index contributed by atoms with van der Waals surface area (Å²) in [6.07, 6.45) is 6.67. The second-order valence-corrected chi connectivity index (χ2v) is 7.54. The van der Waals surface area contributed by atoms with Gasteiger partial charge in [-0.05, 0) is 55.0 Å². The lowest BCUT2D eigenvalue weighted by Gasteiger charge is -2.22. The molecule has 0 radical (unpaired) electrons. The summed E-state index contributed by atoms with van der Waals surface area (Å²) in [7, 11) is 0. The van der Waals surface area contributed by atoms with Gasteiger partial charge < -0.3 is 15.5 Å². The highest BCUT2D eigenvalue weighted by Crippen LogP contribution is 2.20. The minimum absolute atomic E-state index is 0.435. The highest BCUT2D eigenvalue weighted by molar-refractivity contribution is 6.39. The van der Waals surface area contributed by atoms with Crippen LogP contribution in [0.1, 0.15) is 43.7 Å². The Hall–Kier alpha value is -2.82. The van der Waals surface area contributed by atoms with Crippen molar-refractivity contribution in [1.29, 1.82) is 0 Å². The summed E-state index contributed by atoms with van der Waals surface area (Å²) in [6.45, 7) is 4.71. The Morgan fingerprint density at radius 2 is 1.59 bits per heavy atom. The monoisotopic (exact) mass is 393 g/mol. The molecule has 2 aromatic carbocycles. The average Bonchev–Trinajstić information content (AvgIpc) is 3.04. The summed E-state index contributed by atoms with van der Waals surface area (Å²) in [5.41, 5.74) is 4.13. The molecule has 0 bridgehead atoms. The van der Waals surface area contributed by atoms with E-state index in [0.29, 0.717) is 18.7 Å². The Morgan fingerprint density at radius 1 is 0.897 bits per heavy atom. The van der Waals surface area contributed by atoms with E-state index in [2.05, 4.69) is 39.8 Å². The predicted molar refractivity (Wildman–Crippen MR) is 118 cm³/mol. The van der Waals surface area contributed by atoms with Gasteiger partial charge in [0, 0.05) is 31.0 Å². The third kappa shape index (κ3) is 6.08. The summed E-state index contributed by atoms with van der Waals surface area (Å²) in [5.74, 6) is -1.22. The van der Waals surface area contributed by atoms with E-state index in [1.54, 1.807) is 0 Å². The van der Waals surface area contributed by atoms with Gasteiger partial charge in [0.1, 0.15) is 0 Å². The lowest BCUT2D eigenvalue weighted by molar-refractivity contribution is -0.136. The van der Waals surface area contributed by atoms with Crippen molar-refractivity contribution in [3.8, 4) is 0 Å². The van der Waals surface area contributed by atoms with Crippen LogP contribution in [0.4, 0.5) is 11.4 Å². The Balaban J connectivity index is 1.45. The lowest BCUT2D eigenvalue weighted by Crippen LogP contribution is -2.36. The molecule has 0 spiro atoms. The molecule has 2 aromatic rings. The van der Waals surface area contributed by atoms with Crippen molar-refractivity contribution >= 4 is 23.2 Å². The van der Waals surface area contributed by atoms with E-state index >= 15 is 0 Å². The van der Waals surface area contributed by atoms with E-state index < -0.39 is 11.8 Å². The Kier molecular flexibility index (Phi) is 7.68.